The second-order valence-electron chi connectivity index (χ2n) is 5.74. The predicted molar refractivity (Wildman–Crippen MR) is 97.5 cm³/mol. The van der Waals surface area contributed by atoms with Crippen LogP contribution in [-0.4, -0.2) is 24.8 Å². The molecule has 1 atom stereocenters. The van der Waals surface area contributed by atoms with Crippen molar-refractivity contribution in [1.29, 1.82) is 0 Å². The number of hydrogen-bond acceptors (Lipinski definition) is 4. The van der Waals surface area contributed by atoms with E-state index in [0.29, 0.717) is 28.8 Å². The summed E-state index contributed by atoms with van der Waals surface area (Å²) in [4.78, 5) is 24.1. The Kier molecular flexibility index (Phi) is 5.48. The molecule has 0 saturated heterocycles. The van der Waals surface area contributed by atoms with Gasteiger partial charge in [-0.2, -0.15) is 0 Å². The molecule has 0 aliphatic carbocycles. The van der Waals surface area contributed by atoms with Crippen molar-refractivity contribution in [1.82, 2.24) is 10.6 Å². The fourth-order valence-electron chi connectivity index (χ4n) is 2.39. The van der Waals surface area contributed by atoms with Crippen LogP contribution in [0.25, 0.3) is 0 Å². The Labute approximate surface area is 155 Å². The van der Waals surface area contributed by atoms with Gasteiger partial charge < -0.3 is 25.4 Å². The average Bonchev–Trinajstić information content (AvgIpc) is 3.07. The zero-order valence-corrected chi connectivity index (χ0v) is 14.8. The van der Waals surface area contributed by atoms with Gasteiger partial charge in [0.25, 0.3) is 0 Å². The summed E-state index contributed by atoms with van der Waals surface area (Å²) in [5.41, 5.74) is 1.42. The maximum atomic E-state index is 12.2. The van der Waals surface area contributed by atoms with Crippen LogP contribution in [0.1, 0.15) is 12.5 Å². The normalized spacial score (nSPS) is 13.0. The Morgan fingerprint density at radius 2 is 1.96 bits per heavy atom. The highest BCUT2D eigenvalue weighted by Crippen LogP contribution is 2.32. The van der Waals surface area contributed by atoms with Crippen molar-refractivity contribution in [2.75, 3.05) is 12.1 Å². The topological polar surface area (TPSA) is 88.7 Å². The van der Waals surface area contributed by atoms with Crippen LogP contribution in [0, 0.1) is 0 Å². The van der Waals surface area contributed by atoms with Crippen molar-refractivity contribution in [3.8, 4) is 11.5 Å². The van der Waals surface area contributed by atoms with Crippen LogP contribution in [0.2, 0.25) is 5.02 Å². The molecule has 2 aromatic carbocycles. The van der Waals surface area contributed by atoms with Crippen molar-refractivity contribution < 1.29 is 19.1 Å². The van der Waals surface area contributed by atoms with Crippen LogP contribution in [0.15, 0.2) is 42.5 Å². The van der Waals surface area contributed by atoms with Gasteiger partial charge in [-0.15, -0.1) is 0 Å². The van der Waals surface area contributed by atoms with Crippen LogP contribution in [0.5, 0.6) is 11.5 Å². The highest BCUT2D eigenvalue weighted by atomic mass is 35.5. The van der Waals surface area contributed by atoms with Gasteiger partial charge in [-0.25, -0.2) is 4.79 Å². The highest BCUT2D eigenvalue weighted by molar-refractivity contribution is 6.30. The standard InChI is InChI=1S/C18H18ClN3O4/c1-11(21-18(24)22-14-4-2-3-13(19)8-14)17(23)20-9-12-5-6-15-16(7-12)26-10-25-15/h2-8,11H,9-10H2,1H3,(H,20,23)(H2,21,22,24)/t11-/m0/s1. The maximum Gasteiger partial charge on any atom is 0.319 e. The number of benzene rings is 2. The van der Waals surface area contributed by atoms with Crippen LogP contribution < -0.4 is 25.4 Å². The van der Waals surface area contributed by atoms with Gasteiger partial charge in [-0.05, 0) is 42.8 Å². The summed E-state index contributed by atoms with van der Waals surface area (Å²) in [5.74, 6) is 1.04. The van der Waals surface area contributed by atoms with Crippen LogP contribution >= 0.6 is 11.6 Å². The third-order valence-electron chi connectivity index (χ3n) is 3.73. The van der Waals surface area contributed by atoms with Gasteiger partial charge in [0.15, 0.2) is 11.5 Å². The Bertz CT molecular complexity index is 828. The number of urea groups is 1. The Morgan fingerprint density at radius 3 is 2.77 bits per heavy atom. The third kappa shape index (κ3) is 4.58. The molecule has 1 aliphatic rings. The predicted octanol–water partition coefficient (Wildman–Crippen LogP) is 2.90. The Hall–Kier alpha value is -2.93. The number of rotatable bonds is 5. The van der Waals surface area contributed by atoms with E-state index in [1.807, 2.05) is 12.1 Å². The molecule has 0 saturated carbocycles. The molecule has 8 heteroatoms. The SMILES string of the molecule is C[C@H](NC(=O)Nc1cccc(Cl)c1)C(=O)NCc1ccc2c(c1)OCO2. The zero-order valence-electron chi connectivity index (χ0n) is 14.0. The number of anilines is 1. The number of fused-ring (bicyclic) bond motifs is 1. The number of carbonyl (C=O) groups excluding carboxylic acids is 2. The number of ether oxygens (including phenoxy) is 2. The van der Waals surface area contributed by atoms with Crippen molar-refractivity contribution in [3.05, 3.63) is 53.1 Å². The first-order valence-corrected chi connectivity index (χ1v) is 8.38. The van der Waals surface area contributed by atoms with Crippen LogP contribution in [0.4, 0.5) is 10.5 Å². The van der Waals surface area contributed by atoms with Gasteiger partial charge >= 0.3 is 6.03 Å². The van der Waals surface area contributed by atoms with Gasteiger partial charge in [0, 0.05) is 17.3 Å². The summed E-state index contributed by atoms with van der Waals surface area (Å²) in [6.07, 6.45) is 0. The van der Waals surface area contributed by atoms with Crippen molar-refractivity contribution in [3.63, 3.8) is 0 Å². The van der Waals surface area contributed by atoms with E-state index < -0.39 is 12.1 Å². The summed E-state index contributed by atoms with van der Waals surface area (Å²) >= 11 is 5.87. The van der Waals surface area contributed by atoms with Gasteiger partial charge in [-0.1, -0.05) is 23.7 Å². The molecule has 3 N–H and O–H groups in total. The second kappa shape index (κ2) is 7.97. The molecule has 0 fully saturated rings. The molecular weight excluding hydrogens is 358 g/mol. The molecule has 2 aromatic rings. The summed E-state index contributed by atoms with van der Waals surface area (Å²) in [5, 5.41) is 8.48. The average molecular weight is 376 g/mol. The number of amides is 3. The summed E-state index contributed by atoms with van der Waals surface area (Å²) < 4.78 is 10.5. The van der Waals surface area contributed by atoms with E-state index in [0.717, 1.165) is 5.56 Å². The van der Waals surface area contributed by atoms with E-state index in [1.165, 1.54) is 0 Å². The monoisotopic (exact) mass is 375 g/mol. The zero-order chi connectivity index (χ0) is 18.5. The molecule has 1 aliphatic heterocycles. The highest BCUT2D eigenvalue weighted by Gasteiger charge is 2.17. The fraction of sp³-hybridized carbons (Fsp3) is 0.222. The van der Waals surface area contributed by atoms with Crippen LogP contribution in [0.3, 0.4) is 0 Å². The fourth-order valence-corrected chi connectivity index (χ4v) is 2.58. The molecule has 1 heterocycles. The number of hydrogen-bond donors (Lipinski definition) is 3. The molecule has 136 valence electrons. The lowest BCUT2D eigenvalue weighted by Gasteiger charge is -2.15. The summed E-state index contributed by atoms with van der Waals surface area (Å²) in [7, 11) is 0. The lowest BCUT2D eigenvalue weighted by atomic mass is 10.2. The Balaban J connectivity index is 1.47. The second-order valence-corrected chi connectivity index (χ2v) is 6.17. The van der Waals surface area contributed by atoms with E-state index in [4.69, 9.17) is 21.1 Å². The summed E-state index contributed by atoms with van der Waals surface area (Å²) in [6.45, 7) is 2.12. The first-order chi connectivity index (χ1) is 12.5. The number of nitrogens with one attached hydrogen (secondary N) is 3. The molecule has 3 amide bonds. The first kappa shape index (κ1) is 17.9. The van der Waals surface area contributed by atoms with E-state index in [-0.39, 0.29) is 12.7 Å². The van der Waals surface area contributed by atoms with Crippen molar-refractivity contribution in [2.24, 2.45) is 0 Å². The molecule has 0 aromatic heterocycles. The lowest BCUT2D eigenvalue weighted by molar-refractivity contribution is -0.122. The van der Waals surface area contributed by atoms with Crippen molar-refractivity contribution in [2.45, 2.75) is 19.5 Å². The minimum atomic E-state index is -0.705. The van der Waals surface area contributed by atoms with Crippen molar-refractivity contribution >= 4 is 29.2 Å². The number of carbonyl (C=O) groups is 2. The third-order valence-corrected chi connectivity index (χ3v) is 3.96. The van der Waals surface area contributed by atoms with Gasteiger partial charge in [0.2, 0.25) is 12.7 Å². The van der Waals surface area contributed by atoms with E-state index in [1.54, 1.807) is 37.3 Å². The molecule has 0 bridgehead atoms. The molecular formula is C18H18ClN3O4. The molecule has 7 nitrogen and oxygen atoms in total. The van der Waals surface area contributed by atoms with Gasteiger partial charge in [0.05, 0.1) is 0 Å². The quantitative estimate of drug-likeness (QED) is 0.749. The van der Waals surface area contributed by atoms with E-state index in [2.05, 4.69) is 16.0 Å². The summed E-state index contributed by atoms with van der Waals surface area (Å²) in [6, 6.07) is 11.0. The number of halogens is 1. The lowest BCUT2D eigenvalue weighted by Crippen LogP contribution is -2.46. The maximum absolute atomic E-state index is 12.2. The van der Waals surface area contributed by atoms with E-state index in [9.17, 15) is 9.59 Å². The smallest absolute Gasteiger partial charge is 0.319 e. The van der Waals surface area contributed by atoms with Gasteiger partial charge in [-0.3, -0.25) is 4.79 Å². The first-order valence-electron chi connectivity index (χ1n) is 8.00. The molecule has 0 unspecified atom stereocenters. The molecule has 0 radical (unpaired) electrons. The van der Waals surface area contributed by atoms with Crippen LogP contribution in [-0.2, 0) is 11.3 Å². The van der Waals surface area contributed by atoms with Gasteiger partial charge in [0.1, 0.15) is 6.04 Å². The minimum absolute atomic E-state index is 0.202. The minimum Gasteiger partial charge on any atom is -0.454 e. The molecule has 0 spiro atoms. The molecule has 26 heavy (non-hydrogen) atoms. The largest absolute Gasteiger partial charge is 0.454 e. The van der Waals surface area contributed by atoms with E-state index >= 15 is 0 Å². The Morgan fingerprint density at radius 1 is 1.15 bits per heavy atom. The molecule has 3 rings (SSSR count).